The highest BCUT2D eigenvalue weighted by Crippen LogP contribution is 2.31. The molecule has 0 aliphatic carbocycles. The zero-order valence-electron chi connectivity index (χ0n) is 18.9. The lowest BCUT2D eigenvalue weighted by molar-refractivity contribution is -0.147. The number of pyridine rings is 1. The van der Waals surface area contributed by atoms with Crippen LogP contribution in [0.5, 0.6) is 0 Å². The Morgan fingerprint density at radius 3 is 2.82 bits per heavy atom. The first-order chi connectivity index (χ1) is 16.2. The highest BCUT2D eigenvalue weighted by atomic mass is 19.2. The van der Waals surface area contributed by atoms with Crippen LogP contribution in [-0.2, 0) is 4.79 Å². The van der Waals surface area contributed by atoms with E-state index in [-0.39, 0.29) is 17.3 Å². The number of benzene rings is 1. The number of halogens is 2. The normalized spacial score (nSPS) is 15.1. The van der Waals surface area contributed by atoms with E-state index in [4.69, 9.17) is 5.73 Å². The first-order valence-electron chi connectivity index (χ1n) is 10.8. The Labute approximate surface area is 194 Å². The summed E-state index contributed by atoms with van der Waals surface area (Å²) < 4.78 is 29.3. The number of nitrogens with zero attached hydrogens (tertiary/aromatic N) is 6. The number of rotatable bonds is 6. The second-order valence-electron chi connectivity index (χ2n) is 8.88. The molecule has 0 fully saturated rings. The van der Waals surface area contributed by atoms with E-state index in [0.717, 1.165) is 34.9 Å². The Hall–Kier alpha value is -3.73. The van der Waals surface area contributed by atoms with E-state index in [1.54, 1.807) is 26.1 Å². The molecule has 1 aromatic carbocycles. The number of hydrogen-bond donors (Lipinski definition) is 2. The molecule has 0 radical (unpaired) electrons. The van der Waals surface area contributed by atoms with E-state index in [9.17, 15) is 18.7 Å². The lowest BCUT2D eigenvalue weighted by atomic mass is 9.93. The number of carboxylic acid groups (broad SMARTS) is 1. The van der Waals surface area contributed by atoms with E-state index < -0.39 is 23.0 Å². The van der Waals surface area contributed by atoms with Crippen molar-refractivity contribution >= 4 is 17.4 Å². The summed E-state index contributed by atoms with van der Waals surface area (Å²) in [6, 6.07) is 5.53. The zero-order chi connectivity index (χ0) is 24.5. The van der Waals surface area contributed by atoms with Gasteiger partial charge in [-0.2, -0.15) is 4.68 Å². The minimum Gasteiger partial charge on any atom is -0.481 e. The van der Waals surface area contributed by atoms with Gasteiger partial charge >= 0.3 is 5.97 Å². The van der Waals surface area contributed by atoms with Crippen LogP contribution < -0.4 is 5.73 Å². The fraction of sp³-hybridized carbons (Fsp3) is 0.348. The van der Waals surface area contributed by atoms with Crippen LogP contribution in [0.2, 0.25) is 0 Å². The number of carboxylic acids is 1. The molecule has 34 heavy (non-hydrogen) atoms. The lowest BCUT2D eigenvalue weighted by Crippen LogP contribution is -2.39. The second kappa shape index (κ2) is 9.26. The van der Waals surface area contributed by atoms with Crippen molar-refractivity contribution in [2.24, 2.45) is 5.41 Å². The minimum absolute atomic E-state index is 0.135. The Kier molecular flexibility index (Phi) is 6.38. The Morgan fingerprint density at radius 1 is 1.26 bits per heavy atom. The number of hydrogen-bond acceptors (Lipinski definition) is 7. The molecular formula is C23H25F2N7O2. The molecule has 2 aromatic heterocycles. The molecule has 0 atom stereocenters. The van der Waals surface area contributed by atoms with Crippen LogP contribution in [0.15, 0.2) is 36.5 Å². The molecule has 3 N–H and O–H groups in total. The maximum absolute atomic E-state index is 14.4. The third-order valence-electron chi connectivity index (χ3n) is 5.89. The third-order valence-corrected chi connectivity index (χ3v) is 5.89. The molecule has 1 aliphatic rings. The van der Waals surface area contributed by atoms with Gasteiger partial charge in [-0.25, -0.2) is 13.8 Å². The molecule has 0 saturated carbocycles. The fourth-order valence-corrected chi connectivity index (χ4v) is 3.96. The smallest absolute Gasteiger partial charge is 0.310 e. The molecule has 3 heterocycles. The number of nitrogens with two attached hydrogens (primary N) is 1. The molecule has 1 aliphatic heterocycles. The Balaban J connectivity index is 1.61. The van der Waals surface area contributed by atoms with Gasteiger partial charge in [0.1, 0.15) is 11.5 Å². The molecule has 178 valence electrons. The van der Waals surface area contributed by atoms with Gasteiger partial charge in [0.25, 0.3) is 0 Å². The van der Waals surface area contributed by atoms with E-state index >= 15 is 0 Å². The predicted molar refractivity (Wildman–Crippen MR) is 122 cm³/mol. The van der Waals surface area contributed by atoms with E-state index in [2.05, 4.69) is 31.5 Å². The van der Waals surface area contributed by atoms with Gasteiger partial charge in [0, 0.05) is 25.8 Å². The molecule has 0 saturated heterocycles. The van der Waals surface area contributed by atoms with Crippen molar-refractivity contribution in [3.05, 3.63) is 53.7 Å². The van der Waals surface area contributed by atoms with Gasteiger partial charge in [0.2, 0.25) is 0 Å². The summed E-state index contributed by atoms with van der Waals surface area (Å²) >= 11 is 0. The summed E-state index contributed by atoms with van der Waals surface area (Å²) in [6.45, 7) is 5.32. The van der Waals surface area contributed by atoms with E-state index in [1.807, 2.05) is 0 Å². The van der Waals surface area contributed by atoms with Crippen molar-refractivity contribution in [3.63, 3.8) is 0 Å². The van der Waals surface area contributed by atoms with Gasteiger partial charge < -0.3 is 15.7 Å². The van der Waals surface area contributed by atoms with Gasteiger partial charge in [-0.1, -0.05) is 12.1 Å². The van der Waals surface area contributed by atoms with Crippen LogP contribution in [0.3, 0.4) is 0 Å². The Morgan fingerprint density at radius 2 is 2.06 bits per heavy atom. The van der Waals surface area contributed by atoms with Crippen molar-refractivity contribution < 1.29 is 18.7 Å². The SMILES string of the molecule is CC(C)(CN1CCC=C(c2cnc(N)c(-c3nnnn3-c3cccc(F)c3F)c2)CC1)C(=O)O. The summed E-state index contributed by atoms with van der Waals surface area (Å²) in [6.07, 6.45) is 5.18. The largest absolute Gasteiger partial charge is 0.481 e. The van der Waals surface area contributed by atoms with E-state index in [0.29, 0.717) is 25.1 Å². The second-order valence-corrected chi connectivity index (χ2v) is 8.88. The fourth-order valence-electron chi connectivity index (χ4n) is 3.96. The monoisotopic (exact) mass is 469 g/mol. The van der Waals surface area contributed by atoms with Gasteiger partial charge in [-0.3, -0.25) is 4.79 Å². The molecule has 3 aromatic rings. The average molecular weight is 469 g/mol. The molecule has 0 amide bonds. The number of aliphatic carboxylic acids is 1. The van der Waals surface area contributed by atoms with Gasteiger partial charge in [0.15, 0.2) is 17.5 Å². The quantitative estimate of drug-likeness (QED) is 0.564. The molecule has 0 unspecified atom stereocenters. The van der Waals surface area contributed by atoms with Crippen molar-refractivity contribution in [2.75, 3.05) is 25.4 Å². The highest BCUT2D eigenvalue weighted by molar-refractivity contribution is 5.76. The minimum atomic E-state index is -1.07. The zero-order valence-corrected chi connectivity index (χ0v) is 18.9. The van der Waals surface area contributed by atoms with Crippen molar-refractivity contribution in [3.8, 4) is 17.1 Å². The van der Waals surface area contributed by atoms with Crippen LogP contribution in [0.1, 0.15) is 32.3 Å². The molecular weight excluding hydrogens is 444 g/mol. The number of aromatic nitrogens is 5. The summed E-state index contributed by atoms with van der Waals surface area (Å²) in [4.78, 5) is 17.9. The van der Waals surface area contributed by atoms with Crippen molar-refractivity contribution in [2.45, 2.75) is 26.7 Å². The molecule has 0 bridgehead atoms. The van der Waals surface area contributed by atoms with Crippen LogP contribution >= 0.6 is 0 Å². The summed E-state index contributed by atoms with van der Waals surface area (Å²) in [5, 5.41) is 20.9. The maximum Gasteiger partial charge on any atom is 0.310 e. The van der Waals surface area contributed by atoms with Crippen molar-refractivity contribution in [1.82, 2.24) is 30.1 Å². The molecule has 0 spiro atoms. The predicted octanol–water partition coefficient (Wildman–Crippen LogP) is 3.17. The summed E-state index contributed by atoms with van der Waals surface area (Å²) in [5.41, 5.74) is 7.34. The number of carbonyl (C=O) groups is 1. The van der Waals surface area contributed by atoms with Gasteiger partial charge in [-0.15, -0.1) is 5.10 Å². The van der Waals surface area contributed by atoms with Crippen molar-refractivity contribution in [1.29, 1.82) is 0 Å². The van der Waals surface area contributed by atoms with Crippen LogP contribution in [-0.4, -0.2) is 60.8 Å². The van der Waals surface area contributed by atoms with E-state index in [1.165, 1.54) is 12.1 Å². The summed E-state index contributed by atoms with van der Waals surface area (Å²) in [7, 11) is 0. The maximum atomic E-state index is 14.4. The number of nitrogen functional groups attached to an aromatic ring is 1. The topological polar surface area (TPSA) is 123 Å². The average Bonchev–Trinajstić information content (AvgIpc) is 3.15. The molecule has 11 heteroatoms. The number of anilines is 1. The van der Waals surface area contributed by atoms with Crippen LogP contribution in [0, 0.1) is 17.0 Å². The first kappa shape index (κ1) is 23.4. The van der Waals surface area contributed by atoms with Crippen LogP contribution in [0.4, 0.5) is 14.6 Å². The standard InChI is InChI=1S/C23H25F2N7O2/c1-23(2,22(33)34)13-31-9-4-5-14(8-10-31)15-11-16(20(26)27-12-15)21-28-29-30-32(21)18-7-3-6-17(24)19(18)25/h3,5-7,11-12H,4,8-10,13H2,1-2H3,(H2,26,27)(H,33,34). The third kappa shape index (κ3) is 4.65. The lowest BCUT2D eigenvalue weighted by Gasteiger charge is -2.28. The summed E-state index contributed by atoms with van der Waals surface area (Å²) in [5.74, 6) is -2.64. The highest BCUT2D eigenvalue weighted by Gasteiger charge is 2.30. The van der Waals surface area contributed by atoms with Crippen LogP contribution in [0.25, 0.3) is 22.6 Å². The molecule has 9 nitrogen and oxygen atoms in total. The molecule has 4 rings (SSSR count). The Bertz CT molecular complexity index is 1260. The first-order valence-corrected chi connectivity index (χ1v) is 10.8. The number of tetrazole rings is 1. The van der Waals surface area contributed by atoms with Gasteiger partial charge in [0.05, 0.1) is 11.0 Å². The van der Waals surface area contributed by atoms with Gasteiger partial charge in [-0.05, 0) is 66.5 Å².